The van der Waals surface area contributed by atoms with E-state index in [1.165, 1.54) is 6.07 Å². The Labute approximate surface area is 159 Å². The van der Waals surface area contributed by atoms with Crippen molar-refractivity contribution in [3.05, 3.63) is 75.0 Å². The number of rotatable bonds is 5. The van der Waals surface area contributed by atoms with E-state index in [2.05, 4.69) is 21.2 Å². The Balaban J connectivity index is 1.76. The van der Waals surface area contributed by atoms with E-state index in [1.807, 2.05) is 43.3 Å². The van der Waals surface area contributed by atoms with Crippen molar-refractivity contribution in [3.63, 3.8) is 0 Å². The van der Waals surface area contributed by atoms with Crippen molar-refractivity contribution in [2.24, 2.45) is 0 Å². The van der Waals surface area contributed by atoms with Crippen LogP contribution in [0.25, 0.3) is 10.9 Å². The number of hydrogen-bond acceptors (Lipinski definition) is 3. The zero-order valence-electron chi connectivity index (χ0n) is 14.5. The van der Waals surface area contributed by atoms with E-state index in [4.69, 9.17) is 4.74 Å². The van der Waals surface area contributed by atoms with E-state index in [1.54, 1.807) is 23.9 Å². The Bertz CT molecular complexity index is 996. The van der Waals surface area contributed by atoms with E-state index in [9.17, 15) is 9.59 Å². The molecule has 0 saturated carbocycles. The highest BCUT2D eigenvalue weighted by atomic mass is 79.9. The van der Waals surface area contributed by atoms with Crippen molar-refractivity contribution < 1.29 is 9.53 Å². The number of ether oxygens (including phenoxy) is 1. The standard InChI is InChI=1S/C20H19BrN2O3/c1-13(14-3-6-16(26-2)7-4-14)22-20(25)12-23-10-9-19(24)17-11-15(21)5-8-18(17)23/h3-11,13H,12H2,1-2H3,(H,22,25)/t13-/m1/s1. The molecule has 0 unspecified atom stereocenters. The van der Waals surface area contributed by atoms with E-state index >= 15 is 0 Å². The Morgan fingerprint density at radius 2 is 1.92 bits per heavy atom. The van der Waals surface area contributed by atoms with E-state index in [0.717, 1.165) is 21.3 Å². The number of fused-ring (bicyclic) bond motifs is 1. The molecule has 5 nitrogen and oxygen atoms in total. The van der Waals surface area contributed by atoms with Gasteiger partial charge < -0.3 is 14.6 Å². The Kier molecular flexibility index (Phi) is 5.42. The van der Waals surface area contributed by atoms with Crippen LogP contribution in [0.15, 0.2) is 64.0 Å². The molecule has 1 atom stereocenters. The third kappa shape index (κ3) is 3.96. The SMILES string of the molecule is COc1ccc([C@@H](C)NC(=O)Cn2ccc(=O)c3cc(Br)ccc32)cc1. The smallest absolute Gasteiger partial charge is 0.240 e. The van der Waals surface area contributed by atoms with Gasteiger partial charge in [-0.1, -0.05) is 28.1 Å². The lowest BCUT2D eigenvalue weighted by Crippen LogP contribution is -2.30. The first-order valence-electron chi connectivity index (χ1n) is 8.20. The van der Waals surface area contributed by atoms with Crippen molar-refractivity contribution in [2.45, 2.75) is 19.5 Å². The van der Waals surface area contributed by atoms with Gasteiger partial charge in [0.1, 0.15) is 12.3 Å². The Morgan fingerprint density at radius 1 is 1.19 bits per heavy atom. The van der Waals surface area contributed by atoms with E-state index in [-0.39, 0.29) is 23.9 Å². The zero-order valence-corrected chi connectivity index (χ0v) is 16.1. The zero-order chi connectivity index (χ0) is 18.7. The number of carbonyl (C=O) groups is 1. The highest BCUT2D eigenvalue weighted by Crippen LogP contribution is 2.18. The number of amides is 1. The average Bonchev–Trinajstić information content (AvgIpc) is 2.64. The maximum Gasteiger partial charge on any atom is 0.240 e. The molecule has 0 fully saturated rings. The summed E-state index contributed by atoms with van der Waals surface area (Å²) in [5, 5.41) is 3.57. The number of methoxy groups -OCH3 is 1. The van der Waals surface area contributed by atoms with Gasteiger partial charge in [0, 0.05) is 22.1 Å². The molecule has 1 aromatic heterocycles. The number of aromatic nitrogens is 1. The number of pyridine rings is 1. The van der Waals surface area contributed by atoms with Crippen LogP contribution in [0.2, 0.25) is 0 Å². The molecule has 134 valence electrons. The molecule has 2 aromatic carbocycles. The number of carbonyl (C=O) groups excluding carboxylic acids is 1. The molecule has 0 radical (unpaired) electrons. The molecular weight excluding hydrogens is 396 g/mol. The monoisotopic (exact) mass is 414 g/mol. The average molecular weight is 415 g/mol. The first-order valence-corrected chi connectivity index (χ1v) is 8.99. The van der Waals surface area contributed by atoms with Crippen LogP contribution in [0.3, 0.4) is 0 Å². The lowest BCUT2D eigenvalue weighted by Gasteiger charge is -2.16. The summed E-state index contributed by atoms with van der Waals surface area (Å²) in [6.07, 6.45) is 1.65. The van der Waals surface area contributed by atoms with Crippen LogP contribution in [-0.2, 0) is 11.3 Å². The summed E-state index contributed by atoms with van der Waals surface area (Å²) in [6, 6.07) is 14.4. The molecule has 0 spiro atoms. The van der Waals surface area contributed by atoms with Gasteiger partial charge in [0.15, 0.2) is 5.43 Å². The topological polar surface area (TPSA) is 60.3 Å². The summed E-state index contributed by atoms with van der Waals surface area (Å²) in [6.45, 7) is 2.07. The van der Waals surface area contributed by atoms with E-state index < -0.39 is 0 Å². The minimum atomic E-state index is -0.131. The lowest BCUT2D eigenvalue weighted by atomic mass is 10.1. The molecule has 1 heterocycles. The number of benzene rings is 2. The molecular formula is C20H19BrN2O3. The normalized spacial score (nSPS) is 12.0. The maximum atomic E-state index is 12.5. The van der Waals surface area contributed by atoms with Crippen molar-refractivity contribution in [1.82, 2.24) is 9.88 Å². The van der Waals surface area contributed by atoms with Gasteiger partial charge in [-0.25, -0.2) is 0 Å². The van der Waals surface area contributed by atoms with Gasteiger partial charge in [-0.15, -0.1) is 0 Å². The predicted octanol–water partition coefficient (Wildman–Crippen LogP) is 3.65. The molecule has 6 heteroatoms. The molecule has 1 N–H and O–H groups in total. The van der Waals surface area contributed by atoms with Crippen LogP contribution in [0.5, 0.6) is 5.75 Å². The number of halogens is 1. The molecule has 26 heavy (non-hydrogen) atoms. The van der Waals surface area contributed by atoms with Gasteiger partial charge >= 0.3 is 0 Å². The second kappa shape index (κ2) is 7.74. The highest BCUT2D eigenvalue weighted by molar-refractivity contribution is 9.10. The molecule has 0 saturated heterocycles. The van der Waals surface area contributed by atoms with Gasteiger partial charge in [0.25, 0.3) is 0 Å². The second-order valence-corrected chi connectivity index (χ2v) is 6.95. The van der Waals surface area contributed by atoms with Crippen molar-refractivity contribution in [1.29, 1.82) is 0 Å². The lowest BCUT2D eigenvalue weighted by molar-refractivity contribution is -0.122. The molecule has 0 aliphatic heterocycles. The Morgan fingerprint density at radius 3 is 2.62 bits per heavy atom. The first kappa shape index (κ1) is 18.2. The fraction of sp³-hybridized carbons (Fsp3) is 0.200. The molecule has 0 aliphatic rings. The molecule has 0 aliphatic carbocycles. The molecule has 3 rings (SSSR count). The second-order valence-electron chi connectivity index (χ2n) is 6.03. The van der Waals surface area contributed by atoms with Gasteiger partial charge in [0.05, 0.1) is 18.7 Å². The van der Waals surface area contributed by atoms with Gasteiger partial charge in [-0.05, 0) is 42.8 Å². The molecule has 3 aromatic rings. The van der Waals surface area contributed by atoms with Gasteiger partial charge in [0.2, 0.25) is 5.91 Å². The fourth-order valence-corrected chi connectivity index (χ4v) is 3.20. The third-order valence-electron chi connectivity index (χ3n) is 4.25. The summed E-state index contributed by atoms with van der Waals surface area (Å²) in [5.74, 6) is 0.652. The molecule has 1 amide bonds. The van der Waals surface area contributed by atoms with Crippen LogP contribution >= 0.6 is 15.9 Å². The summed E-state index contributed by atoms with van der Waals surface area (Å²) < 4.78 is 7.76. The van der Waals surface area contributed by atoms with Crippen LogP contribution in [0.4, 0.5) is 0 Å². The van der Waals surface area contributed by atoms with Crippen LogP contribution < -0.4 is 15.5 Å². The first-order chi connectivity index (χ1) is 12.5. The fourth-order valence-electron chi connectivity index (χ4n) is 2.84. The minimum absolute atomic E-state index is 0.0652. The van der Waals surface area contributed by atoms with Gasteiger partial charge in [-0.3, -0.25) is 9.59 Å². The highest BCUT2D eigenvalue weighted by Gasteiger charge is 2.12. The molecule has 0 bridgehead atoms. The number of nitrogens with one attached hydrogen (secondary N) is 1. The number of nitrogens with zero attached hydrogens (tertiary/aromatic N) is 1. The predicted molar refractivity (Wildman–Crippen MR) is 105 cm³/mol. The summed E-state index contributed by atoms with van der Waals surface area (Å²) >= 11 is 3.37. The van der Waals surface area contributed by atoms with Crippen molar-refractivity contribution in [2.75, 3.05) is 7.11 Å². The third-order valence-corrected chi connectivity index (χ3v) is 4.74. The maximum absolute atomic E-state index is 12.5. The quantitative estimate of drug-likeness (QED) is 0.692. The summed E-state index contributed by atoms with van der Waals surface area (Å²) in [5.41, 5.74) is 1.66. The summed E-state index contributed by atoms with van der Waals surface area (Å²) in [4.78, 5) is 24.5. The van der Waals surface area contributed by atoms with Crippen LogP contribution in [-0.4, -0.2) is 17.6 Å². The van der Waals surface area contributed by atoms with Crippen molar-refractivity contribution >= 4 is 32.7 Å². The van der Waals surface area contributed by atoms with E-state index in [0.29, 0.717) is 5.39 Å². The van der Waals surface area contributed by atoms with Crippen molar-refractivity contribution in [3.8, 4) is 5.75 Å². The number of hydrogen-bond donors (Lipinski definition) is 1. The Hall–Kier alpha value is -2.60. The van der Waals surface area contributed by atoms with Gasteiger partial charge in [-0.2, -0.15) is 0 Å². The minimum Gasteiger partial charge on any atom is -0.497 e. The largest absolute Gasteiger partial charge is 0.497 e. The van der Waals surface area contributed by atoms with Crippen LogP contribution in [0.1, 0.15) is 18.5 Å². The summed E-state index contributed by atoms with van der Waals surface area (Å²) in [7, 11) is 1.62. The van der Waals surface area contributed by atoms with Crippen LogP contribution in [0, 0.1) is 0 Å².